The fourth-order valence-corrected chi connectivity index (χ4v) is 4.96. The molecule has 0 radical (unpaired) electrons. The molecule has 2 aromatic carbocycles. The molecule has 4 heteroatoms. The number of piperidine rings is 1. The SMILES string of the molecule is Cl.Clc1ccc(Sc2ccc([C@@H]3CC[C@@H]4CCCCN43)cc2)cc1. The molecule has 2 aliphatic rings. The molecule has 24 heavy (non-hydrogen) atoms. The minimum Gasteiger partial charge on any atom is -0.293 e. The molecule has 128 valence electrons. The maximum absolute atomic E-state index is 5.95. The lowest BCUT2D eigenvalue weighted by Gasteiger charge is -2.34. The third-order valence-corrected chi connectivity index (χ3v) is 6.43. The highest BCUT2D eigenvalue weighted by Crippen LogP contribution is 2.40. The second-order valence-corrected chi connectivity index (χ2v) is 8.19. The number of benzene rings is 2. The largest absolute Gasteiger partial charge is 0.293 e. The minimum atomic E-state index is 0. The summed E-state index contributed by atoms with van der Waals surface area (Å²) >= 11 is 7.75. The number of nitrogens with zero attached hydrogens (tertiary/aromatic N) is 1. The van der Waals surface area contributed by atoms with Crippen molar-refractivity contribution in [2.75, 3.05) is 6.54 Å². The first-order valence-electron chi connectivity index (χ1n) is 8.59. The number of hydrogen-bond acceptors (Lipinski definition) is 2. The molecular formula is C20H23Cl2NS. The van der Waals surface area contributed by atoms with Crippen LogP contribution in [0.15, 0.2) is 58.3 Å². The van der Waals surface area contributed by atoms with E-state index in [1.165, 1.54) is 54.0 Å². The lowest BCUT2D eigenvalue weighted by molar-refractivity contribution is 0.150. The average Bonchev–Trinajstić information content (AvgIpc) is 3.02. The van der Waals surface area contributed by atoms with Gasteiger partial charge in [0.1, 0.15) is 0 Å². The first kappa shape index (κ1) is 18.1. The van der Waals surface area contributed by atoms with Crippen LogP contribution in [0.25, 0.3) is 0 Å². The van der Waals surface area contributed by atoms with Crippen LogP contribution in [0, 0.1) is 0 Å². The van der Waals surface area contributed by atoms with Crippen LogP contribution in [0.4, 0.5) is 0 Å². The predicted octanol–water partition coefficient (Wildman–Crippen LogP) is 6.60. The van der Waals surface area contributed by atoms with Crippen LogP contribution >= 0.6 is 35.8 Å². The summed E-state index contributed by atoms with van der Waals surface area (Å²) in [5.41, 5.74) is 1.50. The van der Waals surface area contributed by atoms with Crippen molar-refractivity contribution in [3.05, 3.63) is 59.1 Å². The molecule has 0 unspecified atom stereocenters. The van der Waals surface area contributed by atoms with Gasteiger partial charge in [0.2, 0.25) is 0 Å². The topological polar surface area (TPSA) is 3.24 Å². The van der Waals surface area contributed by atoms with Crippen molar-refractivity contribution < 1.29 is 0 Å². The molecule has 0 N–H and O–H groups in total. The quantitative estimate of drug-likeness (QED) is 0.590. The minimum absolute atomic E-state index is 0. The number of fused-ring (bicyclic) bond motifs is 1. The van der Waals surface area contributed by atoms with E-state index in [9.17, 15) is 0 Å². The van der Waals surface area contributed by atoms with Gasteiger partial charge in [0.05, 0.1) is 0 Å². The highest BCUT2D eigenvalue weighted by atomic mass is 35.5. The highest BCUT2D eigenvalue weighted by Gasteiger charge is 2.35. The van der Waals surface area contributed by atoms with Crippen molar-refractivity contribution in [3.63, 3.8) is 0 Å². The molecule has 0 spiro atoms. The van der Waals surface area contributed by atoms with Crippen molar-refractivity contribution >= 4 is 35.8 Å². The molecule has 2 heterocycles. The molecule has 0 saturated carbocycles. The second kappa shape index (κ2) is 8.14. The normalized spacial score (nSPS) is 23.5. The molecule has 2 atom stereocenters. The van der Waals surface area contributed by atoms with Gasteiger partial charge in [-0.2, -0.15) is 0 Å². The summed E-state index contributed by atoms with van der Waals surface area (Å²) in [5.74, 6) is 0. The van der Waals surface area contributed by atoms with E-state index in [0.29, 0.717) is 6.04 Å². The van der Waals surface area contributed by atoms with Gasteiger partial charge in [0.25, 0.3) is 0 Å². The summed E-state index contributed by atoms with van der Waals surface area (Å²) in [4.78, 5) is 5.29. The predicted molar refractivity (Wildman–Crippen MR) is 106 cm³/mol. The molecule has 1 nitrogen and oxygen atoms in total. The summed E-state index contributed by atoms with van der Waals surface area (Å²) in [6.07, 6.45) is 6.91. The van der Waals surface area contributed by atoms with Gasteiger partial charge in [0.15, 0.2) is 0 Å². The maximum atomic E-state index is 5.95. The van der Waals surface area contributed by atoms with E-state index in [4.69, 9.17) is 11.6 Å². The van der Waals surface area contributed by atoms with Crippen LogP contribution in [0.2, 0.25) is 5.02 Å². The summed E-state index contributed by atoms with van der Waals surface area (Å²) in [7, 11) is 0. The van der Waals surface area contributed by atoms with Crippen molar-refractivity contribution in [1.82, 2.24) is 4.90 Å². The standard InChI is InChI=1S/C20H22ClNS.ClH/c21-16-6-11-19(12-7-16)23-18-9-4-15(5-10-18)20-13-8-17-3-1-2-14-22(17)20;/h4-7,9-12,17,20H,1-3,8,13-14H2;1H/t17-,20-;/m0./s1. The van der Waals surface area contributed by atoms with Crippen molar-refractivity contribution in [3.8, 4) is 0 Å². The Morgan fingerprint density at radius 3 is 2.21 bits per heavy atom. The van der Waals surface area contributed by atoms with Gasteiger partial charge in [-0.15, -0.1) is 12.4 Å². The Balaban J connectivity index is 0.00000169. The Bertz CT molecular complexity index is 656. The van der Waals surface area contributed by atoms with Crippen LogP contribution in [0.3, 0.4) is 0 Å². The van der Waals surface area contributed by atoms with Gasteiger partial charge in [-0.1, -0.05) is 41.9 Å². The molecule has 0 aliphatic carbocycles. The van der Waals surface area contributed by atoms with Gasteiger partial charge < -0.3 is 0 Å². The second-order valence-electron chi connectivity index (χ2n) is 6.61. The molecule has 0 bridgehead atoms. The summed E-state index contributed by atoms with van der Waals surface area (Å²) in [5, 5.41) is 0.794. The van der Waals surface area contributed by atoms with Gasteiger partial charge >= 0.3 is 0 Å². The molecular weight excluding hydrogens is 357 g/mol. The Hall–Kier alpha value is -0.670. The summed E-state index contributed by atoms with van der Waals surface area (Å²) in [6.45, 7) is 1.29. The first-order chi connectivity index (χ1) is 11.3. The van der Waals surface area contributed by atoms with Crippen LogP contribution in [0.5, 0.6) is 0 Å². The number of rotatable bonds is 3. The lowest BCUT2D eigenvalue weighted by Crippen LogP contribution is -2.35. The van der Waals surface area contributed by atoms with E-state index in [1.807, 2.05) is 12.1 Å². The third-order valence-electron chi connectivity index (χ3n) is 5.16. The van der Waals surface area contributed by atoms with Gasteiger partial charge in [-0.3, -0.25) is 4.90 Å². The maximum Gasteiger partial charge on any atom is 0.0406 e. The van der Waals surface area contributed by atoms with E-state index in [-0.39, 0.29) is 12.4 Å². The monoisotopic (exact) mass is 379 g/mol. The van der Waals surface area contributed by atoms with Crippen LogP contribution < -0.4 is 0 Å². The fourth-order valence-electron chi connectivity index (χ4n) is 4.01. The van der Waals surface area contributed by atoms with Gasteiger partial charge in [-0.05, 0) is 74.2 Å². The lowest BCUT2D eigenvalue weighted by atomic mass is 10.0. The highest BCUT2D eigenvalue weighted by molar-refractivity contribution is 7.99. The first-order valence-corrected chi connectivity index (χ1v) is 9.78. The van der Waals surface area contributed by atoms with E-state index in [1.54, 1.807) is 11.8 Å². The zero-order valence-electron chi connectivity index (χ0n) is 13.7. The Morgan fingerprint density at radius 2 is 1.50 bits per heavy atom. The van der Waals surface area contributed by atoms with Crippen molar-refractivity contribution in [2.24, 2.45) is 0 Å². The smallest absolute Gasteiger partial charge is 0.0406 e. The Kier molecular flexibility index (Phi) is 6.15. The molecule has 2 aromatic rings. The molecule has 0 aromatic heterocycles. The van der Waals surface area contributed by atoms with E-state index >= 15 is 0 Å². The Morgan fingerprint density at radius 1 is 0.833 bits per heavy atom. The zero-order chi connectivity index (χ0) is 15.6. The van der Waals surface area contributed by atoms with Crippen molar-refractivity contribution in [2.45, 2.75) is 54.0 Å². The number of halogens is 2. The van der Waals surface area contributed by atoms with Crippen LogP contribution in [0.1, 0.15) is 43.7 Å². The third kappa shape index (κ3) is 3.94. The number of hydrogen-bond donors (Lipinski definition) is 0. The summed E-state index contributed by atoms with van der Waals surface area (Å²) in [6, 6.07) is 18.8. The van der Waals surface area contributed by atoms with E-state index in [2.05, 4.69) is 41.3 Å². The molecule has 2 fully saturated rings. The van der Waals surface area contributed by atoms with Crippen molar-refractivity contribution in [1.29, 1.82) is 0 Å². The average molecular weight is 380 g/mol. The van der Waals surface area contributed by atoms with E-state index in [0.717, 1.165) is 11.1 Å². The Labute approximate surface area is 160 Å². The molecule has 2 aliphatic heterocycles. The zero-order valence-corrected chi connectivity index (χ0v) is 16.0. The molecule has 4 rings (SSSR count). The van der Waals surface area contributed by atoms with Gasteiger partial charge in [0, 0.05) is 26.9 Å². The van der Waals surface area contributed by atoms with Crippen LogP contribution in [-0.4, -0.2) is 17.5 Å². The molecule has 0 amide bonds. The fraction of sp³-hybridized carbons (Fsp3) is 0.400. The molecule has 2 saturated heterocycles. The van der Waals surface area contributed by atoms with E-state index < -0.39 is 0 Å². The van der Waals surface area contributed by atoms with Crippen LogP contribution in [-0.2, 0) is 0 Å². The van der Waals surface area contributed by atoms with Gasteiger partial charge in [-0.25, -0.2) is 0 Å². The summed E-state index contributed by atoms with van der Waals surface area (Å²) < 4.78 is 0.